The molecule has 10 heteroatoms. The van der Waals surface area contributed by atoms with E-state index in [-0.39, 0.29) is 0 Å². The summed E-state index contributed by atoms with van der Waals surface area (Å²) in [5, 5.41) is 12.3. The molecule has 0 amide bonds. The maximum absolute atomic E-state index is 6.22. The Balaban J connectivity index is 1.95. The zero-order valence-electron chi connectivity index (χ0n) is 15.9. The Morgan fingerprint density at radius 3 is 2.45 bits per heavy atom. The number of hydrogen-bond donors (Lipinski definition) is 1. The minimum atomic E-state index is 0.349. The van der Waals surface area contributed by atoms with E-state index in [0.717, 1.165) is 5.56 Å². The third-order valence-electron chi connectivity index (χ3n) is 4.10. The van der Waals surface area contributed by atoms with Gasteiger partial charge in [0.05, 0.1) is 37.6 Å². The van der Waals surface area contributed by atoms with Gasteiger partial charge in [-0.1, -0.05) is 35.3 Å². The molecule has 1 heterocycles. The predicted octanol–water partition coefficient (Wildman–Crippen LogP) is 4.75. The molecule has 0 unspecified atom stereocenters. The molecule has 0 saturated carbocycles. The first kappa shape index (κ1) is 21.2. The summed E-state index contributed by atoms with van der Waals surface area (Å²) in [7, 11) is 4.69. The van der Waals surface area contributed by atoms with Crippen LogP contribution >= 0.6 is 35.4 Å². The largest absolute Gasteiger partial charge is 0.493 e. The number of aromatic nitrogens is 3. The fraction of sp³-hybridized carbons (Fsp3) is 0.211. The second-order valence-electron chi connectivity index (χ2n) is 5.85. The average Bonchev–Trinajstić information content (AvgIpc) is 3.07. The number of halogens is 2. The highest BCUT2D eigenvalue weighted by Crippen LogP contribution is 2.38. The van der Waals surface area contributed by atoms with Crippen molar-refractivity contribution in [1.29, 1.82) is 0 Å². The molecule has 0 saturated heterocycles. The zero-order chi connectivity index (χ0) is 21.0. The molecule has 29 heavy (non-hydrogen) atoms. The molecular formula is C19H18Cl2N4O3S. The van der Waals surface area contributed by atoms with Gasteiger partial charge in [0, 0.05) is 12.0 Å². The molecule has 1 aromatic heterocycles. The monoisotopic (exact) mass is 452 g/mol. The number of nitrogens with one attached hydrogen (secondary N) is 1. The van der Waals surface area contributed by atoms with Crippen molar-refractivity contribution >= 4 is 41.6 Å². The van der Waals surface area contributed by atoms with E-state index in [2.05, 4.69) is 15.3 Å². The van der Waals surface area contributed by atoms with Crippen LogP contribution in [0, 0.1) is 4.77 Å². The van der Waals surface area contributed by atoms with Crippen molar-refractivity contribution in [1.82, 2.24) is 14.9 Å². The topological polar surface area (TPSA) is 73.7 Å². The van der Waals surface area contributed by atoms with Gasteiger partial charge in [0.2, 0.25) is 10.5 Å². The Labute approximate surface area is 182 Å². The zero-order valence-corrected chi connectivity index (χ0v) is 18.2. The van der Waals surface area contributed by atoms with Crippen molar-refractivity contribution in [2.45, 2.75) is 6.42 Å². The smallest absolute Gasteiger partial charge is 0.216 e. The molecule has 2 aromatic carbocycles. The fourth-order valence-corrected chi connectivity index (χ4v) is 3.27. The number of benzene rings is 2. The minimum absolute atomic E-state index is 0.349. The lowest BCUT2D eigenvalue weighted by Crippen LogP contribution is -2.02. The van der Waals surface area contributed by atoms with Crippen molar-refractivity contribution in [3.05, 3.63) is 62.1 Å². The quantitative estimate of drug-likeness (QED) is 0.413. The van der Waals surface area contributed by atoms with Crippen LogP contribution in [0.4, 0.5) is 0 Å². The van der Waals surface area contributed by atoms with Gasteiger partial charge in [-0.3, -0.25) is 5.10 Å². The first-order valence-electron chi connectivity index (χ1n) is 8.42. The van der Waals surface area contributed by atoms with E-state index in [4.69, 9.17) is 49.6 Å². The summed E-state index contributed by atoms with van der Waals surface area (Å²) in [6, 6.07) is 9.00. The van der Waals surface area contributed by atoms with Crippen LogP contribution in [0.2, 0.25) is 10.0 Å². The minimum Gasteiger partial charge on any atom is -0.493 e. The molecule has 3 aromatic rings. The summed E-state index contributed by atoms with van der Waals surface area (Å²) in [5.74, 6) is 2.22. The maximum atomic E-state index is 6.22. The molecule has 0 fully saturated rings. The normalized spacial score (nSPS) is 11.1. The number of nitrogens with zero attached hydrogens (tertiary/aromatic N) is 3. The van der Waals surface area contributed by atoms with Crippen LogP contribution in [0.5, 0.6) is 17.2 Å². The first-order chi connectivity index (χ1) is 14.0. The Hall–Kier alpha value is -2.55. The van der Waals surface area contributed by atoms with Crippen LogP contribution in [0.3, 0.4) is 0 Å². The van der Waals surface area contributed by atoms with E-state index < -0.39 is 0 Å². The summed E-state index contributed by atoms with van der Waals surface area (Å²) in [6.45, 7) is 0. The Kier molecular flexibility index (Phi) is 6.79. The maximum Gasteiger partial charge on any atom is 0.216 e. The van der Waals surface area contributed by atoms with E-state index in [1.54, 1.807) is 45.7 Å². The van der Waals surface area contributed by atoms with Gasteiger partial charge in [-0.25, -0.2) is 0 Å². The van der Waals surface area contributed by atoms with Gasteiger partial charge in [-0.15, -0.1) is 0 Å². The number of aromatic amines is 1. The van der Waals surface area contributed by atoms with Crippen LogP contribution in [0.1, 0.15) is 17.0 Å². The lowest BCUT2D eigenvalue weighted by atomic mass is 10.1. The summed E-state index contributed by atoms with van der Waals surface area (Å²) >= 11 is 17.6. The van der Waals surface area contributed by atoms with Crippen LogP contribution in [-0.4, -0.2) is 42.4 Å². The van der Waals surface area contributed by atoms with E-state index in [1.165, 1.54) is 4.68 Å². The van der Waals surface area contributed by atoms with Crippen molar-refractivity contribution in [2.75, 3.05) is 21.3 Å². The van der Waals surface area contributed by atoms with E-state index in [9.17, 15) is 0 Å². The molecule has 0 aliphatic heterocycles. The first-order valence-corrected chi connectivity index (χ1v) is 9.58. The summed E-state index contributed by atoms with van der Waals surface area (Å²) in [5.41, 5.74) is 1.55. The molecular weight excluding hydrogens is 435 g/mol. The van der Waals surface area contributed by atoms with Crippen molar-refractivity contribution in [3.63, 3.8) is 0 Å². The van der Waals surface area contributed by atoms with Crippen LogP contribution in [-0.2, 0) is 6.42 Å². The summed E-state index contributed by atoms with van der Waals surface area (Å²) < 4.78 is 18.0. The molecule has 0 bridgehead atoms. The second-order valence-corrected chi connectivity index (χ2v) is 7.03. The number of methoxy groups -OCH3 is 3. The highest BCUT2D eigenvalue weighted by atomic mass is 35.5. The number of ether oxygens (including phenoxy) is 3. The lowest BCUT2D eigenvalue weighted by Gasteiger charge is -2.13. The van der Waals surface area contributed by atoms with Crippen LogP contribution in [0.25, 0.3) is 0 Å². The predicted molar refractivity (Wildman–Crippen MR) is 116 cm³/mol. The Morgan fingerprint density at radius 2 is 1.83 bits per heavy atom. The van der Waals surface area contributed by atoms with E-state index >= 15 is 0 Å². The molecule has 3 rings (SSSR count). The van der Waals surface area contributed by atoms with Crippen molar-refractivity contribution in [2.24, 2.45) is 5.10 Å². The van der Waals surface area contributed by atoms with Crippen molar-refractivity contribution in [3.8, 4) is 17.2 Å². The molecule has 0 aliphatic rings. The second kappa shape index (κ2) is 9.30. The van der Waals surface area contributed by atoms with Gasteiger partial charge in [-0.05, 0) is 36.0 Å². The van der Waals surface area contributed by atoms with Crippen molar-refractivity contribution < 1.29 is 14.2 Å². The molecule has 0 aliphatic carbocycles. The van der Waals surface area contributed by atoms with Crippen LogP contribution in [0.15, 0.2) is 35.4 Å². The van der Waals surface area contributed by atoms with Gasteiger partial charge in [0.1, 0.15) is 0 Å². The SMILES string of the molecule is COc1cc(Cc2n[nH]c(=S)n2/N=C\c2cccc(Cl)c2Cl)cc(OC)c1OC. The standard InChI is InChI=1S/C19H18Cl2N4O3S/c1-26-14-7-11(8-15(27-2)18(14)28-3)9-16-23-24-19(29)25(16)22-10-12-5-4-6-13(20)17(12)21/h4-8,10H,9H2,1-3H3,(H,24,29)/b22-10-. The molecule has 152 valence electrons. The molecule has 0 radical (unpaired) electrons. The van der Waals surface area contributed by atoms with Gasteiger partial charge >= 0.3 is 0 Å². The molecule has 7 nitrogen and oxygen atoms in total. The highest BCUT2D eigenvalue weighted by molar-refractivity contribution is 7.71. The summed E-state index contributed by atoms with van der Waals surface area (Å²) in [6.07, 6.45) is 2.00. The Morgan fingerprint density at radius 1 is 1.14 bits per heavy atom. The summed E-state index contributed by atoms with van der Waals surface area (Å²) in [4.78, 5) is 0. The fourth-order valence-electron chi connectivity index (χ4n) is 2.72. The van der Waals surface area contributed by atoms with Crippen LogP contribution < -0.4 is 14.2 Å². The van der Waals surface area contributed by atoms with Gasteiger partial charge in [0.15, 0.2) is 17.3 Å². The Bertz CT molecular complexity index is 1090. The molecule has 0 spiro atoms. The van der Waals surface area contributed by atoms with E-state index in [0.29, 0.717) is 49.9 Å². The third kappa shape index (κ3) is 4.55. The van der Waals surface area contributed by atoms with Gasteiger partial charge in [0.25, 0.3) is 0 Å². The number of rotatable bonds is 7. The number of hydrogen-bond acceptors (Lipinski definition) is 6. The molecule has 1 N–H and O–H groups in total. The molecule has 0 atom stereocenters. The number of H-pyrrole nitrogens is 1. The third-order valence-corrected chi connectivity index (χ3v) is 5.20. The van der Waals surface area contributed by atoms with Gasteiger partial charge in [-0.2, -0.15) is 14.9 Å². The van der Waals surface area contributed by atoms with Gasteiger partial charge < -0.3 is 14.2 Å². The average molecular weight is 453 g/mol. The highest BCUT2D eigenvalue weighted by Gasteiger charge is 2.15. The lowest BCUT2D eigenvalue weighted by molar-refractivity contribution is 0.324. The van der Waals surface area contributed by atoms with E-state index in [1.807, 2.05) is 12.1 Å².